The van der Waals surface area contributed by atoms with Gasteiger partial charge in [-0.1, -0.05) is 0 Å². The second kappa shape index (κ2) is 10.1. The van der Waals surface area contributed by atoms with Gasteiger partial charge in [0.15, 0.2) is 0 Å². The third-order valence-corrected chi connectivity index (χ3v) is 8.63. The van der Waals surface area contributed by atoms with Crippen molar-refractivity contribution >= 4 is 35.0 Å². The van der Waals surface area contributed by atoms with E-state index < -0.39 is 0 Å². The van der Waals surface area contributed by atoms with Crippen LogP contribution in [0.15, 0.2) is 0 Å². The van der Waals surface area contributed by atoms with E-state index in [-0.39, 0.29) is 59.1 Å². The van der Waals surface area contributed by atoms with Gasteiger partial charge in [0, 0.05) is 21.8 Å². The maximum Gasteiger partial charge on any atom is 0.246 e. The quantitative estimate of drug-likeness (QED) is 0.524. The molecule has 8 heteroatoms. The van der Waals surface area contributed by atoms with E-state index in [9.17, 15) is 9.59 Å². The maximum atomic E-state index is 12.5. The van der Waals surface area contributed by atoms with Gasteiger partial charge in [-0.2, -0.15) is 0 Å². The number of hydrogen-bond acceptors (Lipinski definition) is 4. The molecule has 0 radical (unpaired) electrons. The van der Waals surface area contributed by atoms with Crippen molar-refractivity contribution in [3.8, 4) is 0 Å². The van der Waals surface area contributed by atoms with Crippen LogP contribution in [-0.2, 0) is 19.1 Å². The zero-order valence-corrected chi connectivity index (χ0v) is 19.8. The van der Waals surface area contributed by atoms with Gasteiger partial charge in [-0.15, -0.1) is 23.2 Å². The SMILES string of the molecule is O=C(COC1CCC(Cl)CC1)NC12CCC(NC(=O)COC3CCC(Cl)CC3)(CC1)C2. The first-order valence-corrected chi connectivity index (χ1v) is 12.9. The molecule has 0 spiro atoms. The van der Waals surface area contributed by atoms with Crippen molar-refractivity contribution in [2.75, 3.05) is 13.2 Å². The molecule has 2 bridgehead atoms. The molecule has 4 aliphatic carbocycles. The molecule has 0 unspecified atom stereocenters. The fraction of sp³-hybridized carbons (Fsp3) is 0.913. The summed E-state index contributed by atoms with van der Waals surface area (Å²) in [6.45, 7) is 0.216. The molecule has 4 aliphatic rings. The van der Waals surface area contributed by atoms with Crippen molar-refractivity contribution in [1.29, 1.82) is 0 Å². The van der Waals surface area contributed by atoms with Crippen molar-refractivity contribution in [3.63, 3.8) is 0 Å². The normalized spacial score (nSPS) is 39.9. The van der Waals surface area contributed by atoms with Gasteiger partial charge in [-0.3, -0.25) is 9.59 Å². The largest absolute Gasteiger partial charge is 0.368 e. The highest BCUT2D eigenvalue weighted by Crippen LogP contribution is 2.50. The van der Waals surface area contributed by atoms with E-state index in [1.165, 1.54) is 0 Å². The van der Waals surface area contributed by atoms with Crippen LogP contribution in [0.3, 0.4) is 0 Å². The molecule has 0 aromatic heterocycles. The van der Waals surface area contributed by atoms with E-state index in [1.54, 1.807) is 0 Å². The molecule has 2 N–H and O–H groups in total. The Balaban J connectivity index is 1.17. The number of fused-ring (bicyclic) bond motifs is 2. The van der Waals surface area contributed by atoms with Gasteiger partial charge in [0.1, 0.15) is 13.2 Å². The molecule has 176 valence electrons. The molecule has 0 aromatic carbocycles. The lowest BCUT2D eigenvalue weighted by atomic mass is 9.91. The van der Waals surface area contributed by atoms with Gasteiger partial charge in [0.05, 0.1) is 12.2 Å². The Labute approximate surface area is 195 Å². The number of alkyl halides is 2. The second-order valence-corrected chi connectivity index (χ2v) is 11.4. The fourth-order valence-corrected chi connectivity index (χ4v) is 6.48. The van der Waals surface area contributed by atoms with Gasteiger partial charge < -0.3 is 20.1 Å². The minimum atomic E-state index is -0.207. The molecule has 4 fully saturated rings. The summed E-state index contributed by atoms with van der Waals surface area (Å²) in [4.78, 5) is 25.1. The summed E-state index contributed by atoms with van der Waals surface area (Å²) >= 11 is 12.3. The molecule has 0 atom stereocenters. The average molecular weight is 475 g/mol. The number of carbonyl (C=O) groups is 2. The Bertz CT molecular complexity index is 583. The van der Waals surface area contributed by atoms with E-state index in [0.717, 1.165) is 83.5 Å². The number of amides is 2. The van der Waals surface area contributed by atoms with Gasteiger partial charge in [0.2, 0.25) is 11.8 Å². The van der Waals surface area contributed by atoms with E-state index >= 15 is 0 Å². The van der Waals surface area contributed by atoms with E-state index in [0.29, 0.717) is 0 Å². The Hall–Kier alpha value is -0.560. The van der Waals surface area contributed by atoms with Gasteiger partial charge >= 0.3 is 0 Å². The van der Waals surface area contributed by atoms with Gasteiger partial charge in [-0.25, -0.2) is 0 Å². The summed E-state index contributed by atoms with van der Waals surface area (Å²) < 4.78 is 11.7. The van der Waals surface area contributed by atoms with Crippen molar-refractivity contribution < 1.29 is 19.1 Å². The maximum absolute atomic E-state index is 12.5. The predicted molar refractivity (Wildman–Crippen MR) is 121 cm³/mol. The monoisotopic (exact) mass is 474 g/mol. The molecule has 0 heterocycles. The molecule has 4 saturated carbocycles. The molecular weight excluding hydrogens is 439 g/mol. The molecule has 4 rings (SSSR count). The third-order valence-electron chi connectivity index (χ3n) is 7.76. The van der Waals surface area contributed by atoms with Crippen molar-refractivity contribution in [2.24, 2.45) is 0 Å². The average Bonchev–Trinajstić information content (AvgIpc) is 3.28. The number of halogens is 2. The van der Waals surface area contributed by atoms with Crippen LogP contribution in [0.4, 0.5) is 0 Å². The smallest absolute Gasteiger partial charge is 0.246 e. The van der Waals surface area contributed by atoms with Crippen LogP contribution in [0.5, 0.6) is 0 Å². The minimum Gasteiger partial charge on any atom is -0.368 e. The lowest BCUT2D eigenvalue weighted by molar-refractivity contribution is -0.130. The predicted octanol–water partition coefficient (Wildman–Crippen LogP) is 3.81. The number of ether oxygens (including phenoxy) is 2. The van der Waals surface area contributed by atoms with E-state index in [1.807, 2.05) is 0 Å². The number of rotatable bonds is 8. The zero-order chi connectivity index (χ0) is 21.9. The Kier molecular flexibility index (Phi) is 7.72. The third kappa shape index (κ3) is 6.27. The molecular formula is C23H36Cl2N2O4. The highest BCUT2D eigenvalue weighted by Gasteiger charge is 2.55. The summed E-state index contributed by atoms with van der Waals surface area (Å²) in [6.07, 6.45) is 12.2. The topological polar surface area (TPSA) is 76.7 Å². The molecule has 6 nitrogen and oxygen atoms in total. The molecule has 0 aliphatic heterocycles. The summed E-state index contributed by atoms with van der Waals surface area (Å²) in [5.74, 6) is -0.0921. The molecule has 0 saturated heterocycles. The first-order valence-electron chi connectivity index (χ1n) is 12.0. The summed E-state index contributed by atoms with van der Waals surface area (Å²) in [5, 5.41) is 6.96. The first-order chi connectivity index (χ1) is 14.9. The van der Waals surface area contributed by atoms with Crippen molar-refractivity contribution in [1.82, 2.24) is 10.6 Å². The highest BCUT2D eigenvalue weighted by atomic mass is 35.5. The van der Waals surface area contributed by atoms with Crippen LogP contribution in [0.1, 0.15) is 83.5 Å². The number of nitrogens with one attached hydrogen (secondary N) is 2. The summed E-state index contributed by atoms with van der Waals surface area (Å²) in [5.41, 5.74) is -0.414. The van der Waals surface area contributed by atoms with Crippen molar-refractivity contribution in [2.45, 2.75) is 118 Å². The fourth-order valence-electron chi connectivity index (χ4n) is 5.98. The van der Waals surface area contributed by atoms with Crippen LogP contribution in [-0.4, -0.2) is 59.1 Å². The Morgan fingerprint density at radius 2 is 1.03 bits per heavy atom. The second-order valence-electron chi connectivity index (χ2n) is 10.2. The van der Waals surface area contributed by atoms with Crippen LogP contribution in [0.2, 0.25) is 0 Å². The van der Waals surface area contributed by atoms with Crippen LogP contribution >= 0.6 is 23.2 Å². The number of hydrogen-bond donors (Lipinski definition) is 2. The molecule has 0 aromatic rings. The van der Waals surface area contributed by atoms with Crippen LogP contribution < -0.4 is 10.6 Å². The molecule has 2 amide bonds. The lowest BCUT2D eigenvalue weighted by Gasteiger charge is -2.30. The minimum absolute atomic E-state index is 0.0461. The number of carbonyl (C=O) groups excluding carboxylic acids is 2. The van der Waals surface area contributed by atoms with Gasteiger partial charge in [-0.05, 0) is 83.5 Å². The van der Waals surface area contributed by atoms with E-state index in [4.69, 9.17) is 32.7 Å². The Morgan fingerprint density at radius 3 is 1.39 bits per heavy atom. The highest BCUT2D eigenvalue weighted by molar-refractivity contribution is 6.20. The summed E-state index contributed by atoms with van der Waals surface area (Å²) in [6, 6.07) is 0. The van der Waals surface area contributed by atoms with Crippen LogP contribution in [0.25, 0.3) is 0 Å². The van der Waals surface area contributed by atoms with Crippen molar-refractivity contribution in [3.05, 3.63) is 0 Å². The standard InChI is InChI=1S/C23H36Cl2N2O4/c24-16-1-5-18(6-2-16)30-13-20(28)26-22-9-11-23(15-22,12-10-22)27-21(29)14-31-19-7-3-17(25)4-8-19/h16-19H,1-15H2,(H,26,28)(H,27,29). The van der Waals surface area contributed by atoms with Crippen LogP contribution in [0, 0.1) is 0 Å². The Morgan fingerprint density at radius 1 is 0.677 bits per heavy atom. The van der Waals surface area contributed by atoms with Gasteiger partial charge in [0.25, 0.3) is 0 Å². The zero-order valence-electron chi connectivity index (χ0n) is 18.3. The molecule has 31 heavy (non-hydrogen) atoms. The first kappa shape index (κ1) is 23.6. The lowest BCUT2D eigenvalue weighted by Crippen LogP contribution is -2.48. The van der Waals surface area contributed by atoms with E-state index in [2.05, 4.69) is 10.6 Å². The summed E-state index contributed by atoms with van der Waals surface area (Å²) in [7, 11) is 0.